The van der Waals surface area contributed by atoms with Gasteiger partial charge in [-0.25, -0.2) is 12.8 Å². The van der Waals surface area contributed by atoms with E-state index in [0.29, 0.717) is 0 Å². The van der Waals surface area contributed by atoms with Crippen LogP contribution >= 0.6 is 0 Å². The summed E-state index contributed by atoms with van der Waals surface area (Å²) in [5.74, 6) is -2.59. The highest BCUT2D eigenvalue weighted by molar-refractivity contribution is 7.89. The lowest BCUT2D eigenvalue weighted by atomic mass is 9.99. The predicted octanol–water partition coefficient (Wildman–Crippen LogP) is 1.48. The Balaban J connectivity index is 2.38. The second-order valence-electron chi connectivity index (χ2n) is 5.11. The van der Waals surface area contributed by atoms with Crippen molar-refractivity contribution in [3.05, 3.63) is 29.6 Å². The molecule has 0 radical (unpaired) electrons. The van der Waals surface area contributed by atoms with Crippen LogP contribution < -0.4 is 0 Å². The quantitative estimate of drug-likeness (QED) is 0.917. The van der Waals surface area contributed by atoms with E-state index in [1.54, 1.807) is 6.92 Å². The highest BCUT2D eigenvalue weighted by Gasteiger charge is 2.41. The van der Waals surface area contributed by atoms with Crippen LogP contribution in [0.1, 0.15) is 12.5 Å². The summed E-state index contributed by atoms with van der Waals surface area (Å²) >= 11 is 0. The van der Waals surface area contributed by atoms with Gasteiger partial charge in [-0.2, -0.15) is 4.31 Å². The maximum absolute atomic E-state index is 13.5. The molecule has 0 spiro atoms. The lowest BCUT2D eigenvalue weighted by molar-refractivity contribution is -0.142. The van der Waals surface area contributed by atoms with Gasteiger partial charge < -0.3 is 5.11 Å². The van der Waals surface area contributed by atoms with Crippen LogP contribution in [-0.2, 0) is 14.8 Å². The molecule has 0 bridgehead atoms. The molecule has 0 aromatic heterocycles. The fraction of sp³-hybridized carbons (Fsp3) is 0.462. The summed E-state index contributed by atoms with van der Waals surface area (Å²) in [5.41, 5.74) is 0.0546. The van der Waals surface area contributed by atoms with Gasteiger partial charge in [0.2, 0.25) is 10.0 Å². The standard InChI is InChI=1S/C13H16FNO4S/c1-8-6-15(7-10(8)13(16)17)20(18,19)12-5-3-4-11(14)9(12)2/h3-5,8,10H,6-7H2,1-2H3,(H,16,17)/t8-,10-/m1/s1. The molecule has 7 heteroatoms. The van der Waals surface area contributed by atoms with Crippen LogP contribution in [0.5, 0.6) is 0 Å². The van der Waals surface area contributed by atoms with Gasteiger partial charge in [-0.3, -0.25) is 4.79 Å². The number of nitrogens with zero attached hydrogens (tertiary/aromatic N) is 1. The molecule has 0 amide bonds. The molecular formula is C13H16FNO4S. The van der Waals surface area contributed by atoms with Crippen molar-refractivity contribution in [1.82, 2.24) is 4.31 Å². The predicted molar refractivity (Wildman–Crippen MR) is 70.2 cm³/mol. The van der Waals surface area contributed by atoms with E-state index in [9.17, 15) is 17.6 Å². The van der Waals surface area contributed by atoms with Gasteiger partial charge in [0.1, 0.15) is 5.82 Å². The van der Waals surface area contributed by atoms with E-state index >= 15 is 0 Å². The van der Waals surface area contributed by atoms with Crippen LogP contribution in [0.2, 0.25) is 0 Å². The highest BCUT2D eigenvalue weighted by atomic mass is 32.2. The largest absolute Gasteiger partial charge is 0.481 e. The van der Waals surface area contributed by atoms with E-state index in [2.05, 4.69) is 0 Å². The van der Waals surface area contributed by atoms with Crippen LogP contribution in [0, 0.1) is 24.6 Å². The Morgan fingerprint density at radius 3 is 2.60 bits per heavy atom. The Labute approximate surface area is 117 Å². The molecule has 0 aliphatic carbocycles. The molecule has 20 heavy (non-hydrogen) atoms. The number of carboxylic acids is 1. The topological polar surface area (TPSA) is 74.7 Å². The highest BCUT2D eigenvalue weighted by Crippen LogP contribution is 2.30. The zero-order valence-corrected chi connectivity index (χ0v) is 12.0. The van der Waals surface area contributed by atoms with Crippen molar-refractivity contribution in [3.63, 3.8) is 0 Å². The molecule has 1 saturated heterocycles. The van der Waals surface area contributed by atoms with Crippen molar-refractivity contribution in [2.75, 3.05) is 13.1 Å². The van der Waals surface area contributed by atoms with Gasteiger partial charge in [0.05, 0.1) is 10.8 Å². The number of benzene rings is 1. The third kappa shape index (κ3) is 2.43. The minimum atomic E-state index is -3.86. The summed E-state index contributed by atoms with van der Waals surface area (Å²) in [6, 6.07) is 3.87. The first kappa shape index (κ1) is 14.9. The SMILES string of the molecule is Cc1c(F)cccc1S(=O)(=O)N1C[C@@H](C)[C@H](C(=O)O)C1. The third-order valence-corrected chi connectivity index (χ3v) is 5.71. The number of hydrogen-bond acceptors (Lipinski definition) is 3. The zero-order valence-electron chi connectivity index (χ0n) is 11.2. The van der Waals surface area contributed by atoms with Gasteiger partial charge in [-0.1, -0.05) is 13.0 Å². The molecule has 1 aliphatic rings. The Hall–Kier alpha value is -1.47. The molecule has 110 valence electrons. The maximum atomic E-state index is 13.5. The minimum absolute atomic E-state index is 0.0546. The summed E-state index contributed by atoms with van der Waals surface area (Å²) in [5, 5.41) is 9.05. The summed E-state index contributed by atoms with van der Waals surface area (Å²) in [6.07, 6.45) is 0. The van der Waals surface area contributed by atoms with Gasteiger partial charge in [-0.05, 0) is 25.0 Å². The molecule has 5 nitrogen and oxygen atoms in total. The number of carbonyl (C=O) groups is 1. The monoisotopic (exact) mass is 301 g/mol. The van der Waals surface area contributed by atoms with Crippen molar-refractivity contribution in [3.8, 4) is 0 Å². The van der Waals surface area contributed by atoms with E-state index in [1.165, 1.54) is 25.1 Å². The van der Waals surface area contributed by atoms with Crippen molar-refractivity contribution in [1.29, 1.82) is 0 Å². The summed E-state index contributed by atoms with van der Waals surface area (Å²) in [4.78, 5) is 11.0. The van der Waals surface area contributed by atoms with E-state index in [-0.39, 0.29) is 29.5 Å². The molecule has 0 unspecified atom stereocenters. The van der Waals surface area contributed by atoms with Gasteiger partial charge in [-0.15, -0.1) is 0 Å². The lowest BCUT2D eigenvalue weighted by Crippen LogP contribution is -2.30. The van der Waals surface area contributed by atoms with Gasteiger partial charge >= 0.3 is 5.97 Å². The number of sulfonamides is 1. The molecule has 1 fully saturated rings. The smallest absolute Gasteiger partial charge is 0.308 e. The number of carboxylic acid groups (broad SMARTS) is 1. The second-order valence-corrected chi connectivity index (χ2v) is 7.01. The molecule has 1 aromatic rings. The first-order valence-electron chi connectivity index (χ1n) is 6.23. The number of halogens is 1. The number of hydrogen-bond donors (Lipinski definition) is 1. The van der Waals surface area contributed by atoms with Crippen LogP contribution in [0.15, 0.2) is 23.1 Å². The minimum Gasteiger partial charge on any atom is -0.481 e. The van der Waals surface area contributed by atoms with Crippen molar-refractivity contribution in [2.24, 2.45) is 11.8 Å². The number of rotatable bonds is 3. The molecule has 1 N–H and O–H groups in total. The first-order chi connectivity index (χ1) is 9.25. The maximum Gasteiger partial charge on any atom is 0.308 e. The molecule has 1 heterocycles. The van der Waals surface area contributed by atoms with Crippen LogP contribution in [-0.4, -0.2) is 36.9 Å². The molecule has 1 aromatic carbocycles. The fourth-order valence-electron chi connectivity index (χ4n) is 2.45. The lowest BCUT2D eigenvalue weighted by Gasteiger charge is -2.17. The third-order valence-electron chi connectivity index (χ3n) is 3.73. The Morgan fingerprint density at radius 2 is 2.05 bits per heavy atom. The van der Waals surface area contributed by atoms with Gasteiger partial charge in [0.25, 0.3) is 0 Å². The molecular weight excluding hydrogens is 285 g/mol. The van der Waals surface area contributed by atoms with E-state index in [0.717, 1.165) is 4.31 Å². The Bertz CT molecular complexity index is 644. The normalized spacial score (nSPS) is 23.9. The Morgan fingerprint density at radius 1 is 1.40 bits per heavy atom. The summed E-state index contributed by atoms with van der Waals surface area (Å²) in [7, 11) is -3.86. The van der Waals surface area contributed by atoms with E-state index in [4.69, 9.17) is 5.11 Å². The summed E-state index contributed by atoms with van der Waals surface area (Å²) < 4.78 is 39.6. The average Bonchev–Trinajstić information content (AvgIpc) is 2.75. The zero-order chi connectivity index (χ0) is 15.1. The van der Waals surface area contributed by atoms with Crippen molar-refractivity contribution >= 4 is 16.0 Å². The first-order valence-corrected chi connectivity index (χ1v) is 7.67. The second kappa shape index (κ2) is 5.14. The Kier molecular flexibility index (Phi) is 3.84. The molecule has 0 saturated carbocycles. The summed E-state index contributed by atoms with van der Waals surface area (Å²) in [6.45, 7) is 3.16. The van der Waals surface area contributed by atoms with Crippen LogP contribution in [0.3, 0.4) is 0 Å². The van der Waals surface area contributed by atoms with Gasteiger partial charge in [0, 0.05) is 18.7 Å². The van der Waals surface area contributed by atoms with Crippen molar-refractivity contribution in [2.45, 2.75) is 18.7 Å². The van der Waals surface area contributed by atoms with Crippen molar-refractivity contribution < 1.29 is 22.7 Å². The molecule has 1 aliphatic heterocycles. The molecule has 2 rings (SSSR count). The number of aliphatic carboxylic acids is 1. The van der Waals surface area contributed by atoms with E-state index in [1.807, 2.05) is 0 Å². The van der Waals surface area contributed by atoms with Crippen LogP contribution in [0.4, 0.5) is 4.39 Å². The van der Waals surface area contributed by atoms with E-state index < -0.39 is 27.7 Å². The molecule has 2 atom stereocenters. The van der Waals surface area contributed by atoms with Crippen LogP contribution in [0.25, 0.3) is 0 Å². The fourth-order valence-corrected chi connectivity index (χ4v) is 4.25. The average molecular weight is 301 g/mol. The van der Waals surface area contributed by atoms with Gasteiger partial charge in [0.15, 0.2) is 0 Å².